The number of ether oxygens (including phenoxy) is 1. The molecule has 0 radical (unpaired) electrons. The molecular weight excluding hydrogens is 240 g/mol. The Hall–Kier alpha value is -1.39. The van der Waals surface area contributed by atoms with Gasteiger partial charge in [-0.3, -0.25) is 4.79 Å². The van der Waals surface area contributed by atoms with Crippen molar-refractivity contribution in [3.63, 3.8) is 0 Å². The average Bonchev–Trinajstić information content (AvgIpc) is 2.38. The molecule has 1 amide bonds. The highest BCUT2D eigenvalue weighted by molar-refractivity contribution is 5.77. The molecule has 0 aliphatic heterocycles. The van der Waals surface area contributed by atoms with Gasteiger partial charge in [0.05, 0.1) is 6.61 Å². The lowest BCUT2D eigenvalue weighted by molar-refractivity contribution is -0.126. The fourth-order valence-corrected chi connectivity index (χ4v) is 1.89. The Balaban J connectivity index is 2.23. The second kappa shape index (κ2) is 8.67. The Morgan fingerprint density at radius 1 is 1.32 bits per heavy atom. The average molecular weight is 264 g/mol. The van der Waals surface area contributed by atoms with Crippen LogP contribution in [0.3, 0.4) is 0 Å². The van der Waals surface area contributed by atoms with Crippen LogP contribution in [-0.4, -0.2) is 25.1 Å². The quantitative estimate of drug-likeness (QED) is 0.751. The first-order chi connectivity index (χ1) is 9.11. The van der Waals surface area contributed by atoms with Crippen LogP contribution in [0.4, 0.5) is 0 Å². The van der Waals surface area contributed by atoms with Crippen molar-refractivity contribution < 1.29 is 9.53 Å². The fraction of sp³-hybridized carbons (Fsp3) is 0.533. The van der Waals surface area contributed by atoms with E-state index >= 15 is 0 Å². The van der Waals surface area contributed by atoms with Crippen molar-refractivity contribution in [2.75, 3.05) is 13.2 Å². The number of carbonyl (C=O) groups is 1. The first-order valence-corrected chi connectivity index (χ1v) is 6.73. The Bertz CT molecular complexity index is 366. The summed E-state index contributed by atoms with van der Waals surface area (Å²) >= 11 is 0. The van der Waals surface area contributed by atoms with Crippen molar-refractivity contribution in [2.24, 2.45) is 11.7 Å². The van der Waals surface area contributed by atoms with Gasteiger partial charge in [0.1, 0.15) is 6.61 Å². The highest BCUT2D eigenvalue weighted by Gasteiger charge is 2.12. The zero-order valence-corrected chi connectivity index (χ0v) is 11.8. The minimum absolute atomic E-state index is 0.0350. The molecule has 3 N–H and O–H groups in total. The van der Waals surface area contributed by atoms with E-state index in [4.69, 9.17) is 10.5 Å². The van der Waals surface area contributed by atoms with Gasteiger partial charge in [0, 0.05) is 12.6 Å². The van der Waals surface area contributed by atoms with E-state index in [1.807, 2.05) is 30.3 Å². The summed E-state index contributed by atoms with van der Waals surface area (Å²) in [5.74, 6) is 0.408. The lowest BCUT2D eigenvalue weighted by Gasteiger charge is -2.18. The predicted octanol–water partition coefficient (Wildman–Crippen LogP) is 1.69. The molecule has 0 saturated heterocycles. The zero-order valence-electron chi connectivity index (χ0n) is 11.8. The fourth-order valence-electron chi connectivity index (χ4n) is 1.89. The highest BCUT2D eigenvalue weighted by atomic mass is 16.5. The number of amides is 1. The van der Waals surface area contributed by atoms with E-state index in [1.165, 1.54) is 0 Å². The monoisotopic (exact) mass is 264 g/mol. The van der Waals surface area contributed by atoms with Crippen LogP contribution in [0.2, 0.25) is 0 Å². The maximum Gasteiger partial charge on any atom is 0.246 e. The molecule has 1 aromatic rings. The first kappa shape index (κ1) is 15.7. The van der Waals surface area contributed by atoms with Gasteiger partial charge in [-0.2, -0.15) is 0 Å². The zero-order chi connectivity index (χ0) is 14.1. The molecule has 1 rings (SSSR count). The molecule has 1 atom stereocenters. The van der Waals surface area contributed by atoms with Gasteiger partial charge in [-0.15, -0.1) is 0 Å². The second-order valence-corrected chi connectivity index (χ2v) is 5.11. The van der Waals surface area contributed by atoms with Gasteiger partial charge >= 0.3 is 0 Å². The van der Waals surface area contributed by atoms with Crippen molar-refractivity contribution in [3.05, 3.63) is 35.9 Å². The Morgan fingerprint density at radius 2 is 2.00 bits per heavy atom. The van der Waals surface area contributed by atoms with Crippen LogP contribution in [0.15, 0.2) is 30.3 Å². The van der Waals surface area contributed by atoms with Crippen LogP contribution in [0.25, 0.3) is 0 Å². The summed E-state index contributed by atoms with van der Waals surface area (Å²) in [6.07, 6.45) is 0.890. The molecule has 0 fully saturated rings. The van der Waals surface area contributed by atoms with Gasteiger partial charge in [-0.1, -0.05) is 44.2 Å². The second-order valence-electron chi connectivity index (χ2n) is 5.11. The number of nitrogens with one attached hydrogen (secondary N) is 1. The van der Waals surface area contributed by atoms with E-state index in [9.17, 15) is 4.79 Å². The van der Waals surface area contributed by atoms with Gasteiger partial charge in [0.15, 0.2) is 0 Å². The summed E-state index contributed by atoms with van der Waals surface area (Å²) in [4.78, 5) is 11.7. The number of rotatable bonds is 8. The molecule has 19 heavy (non-hydrogen) atoms. The molecule has 0 aromatic heterocycles. The maximum atomic E-state index is 11.7. The Morgan fingerprint density at radius 3 is 2.58 bits per heavy atom. The summed E-state index contributed by atoms with van der Waals surface area (Å²) in [5.41, 5.74) is 6.70. The normalized spacial score (nSPS) is 12.4. The summed E-state index contributed by atoms with van der Waals surface area (Å²) in [5, 5.41) is 2.90. The standard InChI is InChI=1S/C15H24N2O2/c1-12(2)8-14(9-16)17-15(18)11-19-10-13-6-4-3-5-7-13/h3-7,12,14H,8-11,16H2,1-2H3,(H,17,18). The van der Waals surface area contributed by atoms with Gasteiger partial charge in [0.25, 0.3) is 0 Å². The molecule has 0 spiro atoms. The van der Waals surface area contributed by atoms with Crippen LogP contribution in [-0.2, 0) is 16.1 Å². The van der Waals surface area contributed by atoms with E-state index in [2.05, 4.69) is 19.2 Å². The third-order valence-electron chi connectivity index (χ3n) is 2.75. The van der Waals surface area contributed by atoms with Crippen molar-refractivity contribution in [1.29, 1.82) is 0 Å². The van der Waals surface area contributed by atoms with Crippen molar-refractivity contribution >= 4 is 5.91 Å². The molecule has 0 saturated carbocycles. The largest absolute Gasteiger partial charge is 0.367 e. The molecule has 0 heterocycles. The van der Waals surface area contributed by atoms with E-state index in [0.29, 0.717) is 19.1 Å². The molecular formula is C15H24N2O2. The van der Waals surface area contributed by atoms with Crippen LogP contribution < -0.4 is 11.1 Å². The van der Waals surface area contributed by atoms with Crippen molar-refractivity contribution in [1.82, 2.24) is 5.32 Å². The van der Waals surface area contributed by atoms with Crippen molar-refractivity contribution in [3.8, 4) is 0 Å². The highest BCUT2D eigenvalue weighted by Crippen LogP contribution is 2.04. The van der Waals surface area contributed by atoms with Gasteiger partial charge in [-0.05, 0) is 17.9 Å². The maximum absolute atomic E-state index is 11.7. The number of carbonyl (C=O) groups excluding carboxylic acids is 1. The molecule has 106 valence electrons. The lowest BCUT2D eigenvalue weighted by atomic mass is 10.0. The number of nitrogens with two attached hydrogens (primary N) is 1. The van der Waals surface area contributed by atoms with E-state index < -0.39 is 0 Å². The minimum atomic E-state index is -0.105. The van der Waals surface area contributed by atoms with E-state index in [0.717, 1.165) is 12.0 Å². The predicted molar refractivity (Wildman–Crippen MR) is 76.5 cm³/mol. The lowest BCUT2D eigenvalue weighted by Crippen LogP contribution is -2.42. The molecule has 0 bridgehead atoms. The smallest absolute Gasteiger partial charge is 0.246 e. The van der Waals surface area contributed by atoms with Gasteiger partial charge in [-0.25, -0.2) is 0 Å². The van der Waals surface area contributed by atoms with E-state index in [1.54, 1.807) is 0 Å². The summed E-state index contributed by atoms with van der Waals surface area (Å²) < 4.78 is 5.38. The van der Waals surface area contributed by atoms with Gasteiger partial charge < -0.3 is 15.8 Å². The van der Waals surface area contributed by atoms with Crippen LogP contribution in [0.5, 0.6) is 0 Å². The summed E-state index contributed by atoms with van der Waals surface area (Å²) in [7, 11) is 0. The van der Waals surface area contributed by atoms with Gasteiger partial charge in [0.2, 0.25) is 5.91 Å². The topological polar surface area (TPSA) is 64.3 Å². The molecule has 1 aromatic carbocycles. The Kier molecular flexibility index (Phi) is 7.15. The molecule has 4 nitrogen and oxygen atoms in total. The molecule has 0 aliphatic rings. The van der Waals surface area contributed by atoms with Crippen LogP contribution in [0.1, 0.15) is 25.8 Å². The van der Waals surface area contributed by atoms with E-state index in [-0.39, 0.29) is 18.6 Å². The third kappa shape index (κ3) is 6.94. The SMILES string of the molecule is CC(C)CC(CN)NC(=O)COCc1ccccc1. The number of hydrogen-bond donors (Lipinski definition) is 2. The van der Waals surface area contributed by atoms with Crippen LogP contribution in [0, 0.1) is 5.92 Å². The van der Waals surface area contributed by atoms with Crippen molar-refractivity contribution in [2.45, 2.75) is 32.9 Å². The Labute approximate surface area is 115 Å². The summed E-state index contributed by atoms with van der Waals surface area (Å²) in [6, 6.07) is 9.83. The number of hydrogen-bond acceptors (Lipinski definition) is 3. The minimum Gasteiger partial charge on any atom is -0.367 e. The van der Waals surface area contributed by atoms with Crippen LogP contribution >= 0.6 is 0 Å². The number of benzene rings is 1. The molecule has 1 unspecified atom stereocenters. The molecule has 0 aliphatic carbocycles. The summed E-state index contributed by atoms with van der Waals surface area (Å²) in [6.45, 7) is 5.21. The third-order valence-corrected chi connectivity index (χ3v) is 2.75. The molecule has 4 heteroatoms. The first-order valence-electron chi connectivity index (χ1n) is 6.73.